The van der Waals surface area contributed by atoms with Crippen molar-refractivity contribution >= 4 is 68.2 Å². The van der Waals surface area contributed by atoms with Crippen molar-refractivity contribution in [1.29, 1.82) is 0 Å². The van der Waals surface area contributed by atoms with Crippen LogP contribution in [-0.2, 0) is 38.5 Å². The summed E-state index contributed by atoms with van der Waals surface area (Å²) in [5.74, 6) is -1.21. The molecule has 0 bridgehead atoms. The number of aromatic amines is 2. The first kappa shape index (κ1) is 57.2. The van der Waals surface area contributed by atoms with Crippen molar-refractivity contribution in [3.8, 4) is 0 Å². The molecule has 0 unspecified atom stereocenters. The number of nitrogens with one attached hydrogen (secondary N) is 6. The number of rotatable bonds is 15. The second kappa shape index (κ2) is 24.9. The fourth-order valence-corrected chi connectivity index (χ4v) is 10.1. The molecule has 2 aliphatic heterocycles. The van der Waals surface area contributed by atoms with Crippen LogP contribution in [0.15, 0.2) is 116 Å². The summed E-state index contributed by atoms with van der Waals surface area (Å²) in [5.41, 5.74) is 6.44. The first-order valence-corrected chi connectivity index (χ1v) is 26.8. The number of benzene rings is 4. The van der Waals surface area contributed by atoms with Crippen molar-refractivity contribution in [1.82, 2.24) is 39.5 Å². The summed E-state index contributed by atoms with van der Waals surface area (Å²) in [4.78, 5) is 49.3. The molecule has 14 nitrogen and oxygen atoms in total. The molecule has 10 rings (SSSR count). The lowest BCUT2D eigenvalue weighted by Gasteiger charge is -2.34. The van der Waals surface area contributed by atoms with E-state index < -0.39 is 35.3 Å². The van der Waals surface area contributed by atoms with E-state index in [0.29, 0.717) is 61.3 Å². The normalized spacial score (nSPS) is 14.9. The van der Waals surface area contributed by atoms with Gasteiger partial charge in [-0.2, -0.15) is 26.3 Å². The third kappa shape index (κ3) is 14.3. The maximum absolute atomic E-state index is 14.0. The van der Waals surface area contributed by atoms with Crippen LogP contribution in [0.2, 0.25) is 5.02 Å². The van der Waals surface area contributed by atoms with Gasteiger partial charge in [-0.1, -0.05) is 42.8 Å². The highest BCUT2D eigenvalue weighted by Crippen LogP contribution is 2.36. The zero-order chi connectivity index (χ0) is 56.7. The van der Waals surface area contributed by atoms with Crippen molar-refractivity contribution < 1.29 is 35.9 Å². The summed E-state index contributed by atoms with van der Waals surface area (Å²) in [5, 5.41) is 14.6. The van der Waals surface area contributed by atoms with E-state index in [0.717, 1.165) is 94.9 Å². The van der Waals surface area contributed by atoms with Gasteiger partial charge in [0, 0.05) is 154 Å². The van der Waals surface area contributed by atoms with Gasteiger partial charge in [0.15, 0.2) is 0 Å². The van der Waals surface area contributed by atoms with E-state index in [1.165, 1.54) is 24.3 Å². The number of pyridine rings is 2. The van der Waals surface area contributed by atoms with Crippen LogP contribution in [0.3, 0.4) is 0 Å². The minimum Gasteiger partial charge on any atom is -0.381 e. The fraction of sp³-hybridized carbons (Fsp3) is 0.322. The minimum absolute atomic E-state index is 0.0367. The molecule has 6 N–H and O–H groups in total. The Morgan fingerprint density at radius 1 is 0.588 bits per heavy atom. The van der Waals surface area contributed by atoms with Crippen LogP contribution in [0, 0.1) is 13.8 Å². The molecule has 0 radical (unpaired) electrons. The molecule has 2 saturated heterocycles. The van der Waals surface area contributed by atoms with Gasteiger partial charge in [0.05, 0.1) is 16.1 Å². The van der Waals surface area contributed by atoms with E-state index in [1.807, 2.05) is 67.2 Å². The van der Waals surface area contributed by atoms with E-state index in [1.54, 1.807) is 42.9 Å². The number of likely N-dealkylation sites (N-methyl/N-ethyl adjacent to an activating group) is 2. The topological polar surface area (TPSA) is 153 Å². The number of nitrogens with zero attached hydrogens (tertiary/aromatic N) is 6. The highest BCUT2D eigenvalue weighted by atomic mass is 35.5. The molecule has 4 aromatic heterocycles. The minimum atomic E-state index is -4.57. The Kier molecular flexibility index (Phi) is 17.8. The maximum Gasteiger partial charge on any atom is 0.416 e. The quantitative estimate of drug-likeness (QED) is 0.0547. The third-order valence-electron chi connectivity index (χ3n) is 14.6. The molecule has 80 heavy (non-hydrogen) atoms. The molecule has 0 saturated carbocycles. The van der Waals surface area contributed by atoms with Crippen LogP contribution in [0.4, 0.5) is 49.1 Å². The largest absolute Gasteiger partial charge is 0.416 e. The molecule has 4 aromatic carbocycles. The summed E-state index contributed by atoms with van der Waals surface area (Å²) >= 11 is 6.54. The number of carbonyl (C=O) groups excluding carboxylic acids is 2. The number of anilines is 4. The van der Waals surface area contributed by atoms with Gasteiger partial charge < -0.3 is 41.0 Å². The van der Waals surface area contributed by atoms with Crippen LogP contribution in [0.1, 0.15) is 72.1 Å². The Morgan fingerprint density at radius 3 is 1.64 bits per heavy atom. The number of hydrogen-bond donors (Lipinski definition) is 6. The van der Waals surface area contributed by atoms with Crippen LogP contribution in [0.25, 0.3) is 22.1 Å². The Bertz CT molecular complexity index is 3470. The number of H-pyrrole nitrogens is 2. The van der Waals surface area contributed by atoms with Gasteiger partial charge >= 0.3 is 12.4 Å². The van der Waals surface area contributed by atoms with Crippen LogP contribution in [0.5, 0.6) is 0 Å². The summed E-state index contributed by atoms with van der Waals surface area (Å²) in [7, 11) is 2.00. The molecule has 0 spiro atoms. The predicted molar refractivity (Wildman–Crippen MR) is 303 cm³/mol. The lowest BCUT2D eigenvalue weighted by atomic mass is 10.0. The number of hydrogen-bond acceptors (Lipinski definition) is 10. The molecule has 2 aliphatic rings. The Hall–Kier alpha value is -7.49. The molecule has 8 aromatic rings. The molecule has 0 atom stereocenters. The van der Waals surface area contributed by atoms with Crippen molar-refractivity contribution in [2.75, 3.05) is 87.2 Å². The van der Waals surface area contributed by atoms with E-state index in [2.05, 4.69) is 57.9 Å². The molecule has 0 aliphatic carbocycles. The van der Waals surface area contributed by atoms with Crippen molar-refractivity contribution in [3.63, 3.8) is 0 Å². The van der Waals surface area contributed by atoms with Crippen LogP contribution in [-0.4, -0.2) is 117 Å². The van der Waals surface area contributed by atoms with E-state index in [9.17, 15) is 35.9 Å². The highest BCUT2D eigenvalue weighted by Gasteiger charge is 2.36. The summed E-state index contributed by atoms with van der Waals surface area (Å²) in [6.45, 7) is 14.3. The Morgan fingerprint density at radius 2 is 1.09 bits per heavy atom. The second-order valence-corrected chi connectivity index (χ2v) is 20.7. The smallest absolute Gasteiger partial charge is 0.381 e. The number of aromatic nitrogens is 4. The first-order valence-electron chi connectivity index (χ1n) is 26.4. The average molecular weight is 1120 g/mol. The lowest BCUT2D eigenvalue weighted by molar-refractivity contribution is -0.139. The van der Waals surface area contributed by atoms with E-state index >= 15 is 0 Å². The molecular weight excluding hydrogens is 1060 g/mol. The first-order chi connectivity index (χ1) is 38.3. The van der Waals surface area contributed by atoms with Gasteiger partial charge in [-0.3, -0.25) is 19.4 Å². The molecule has 2 fully saturated rings. The third-order valence-corrected chi connectivity index (χ3v) is 15.1. The predicted octanol–water partition coefficient (Wildman–Crippen LogP) is 12.0. The molecular formula is C59H63ClF6N12O2. The van der Waals surface area contributed by atoms with Gasteiger partial charge in [0.25, 0.3) is 11.8 Å². The number of aryl methyl sites for hydroxylation is 2. The number of alkyl halides is 6. The number of amides is 2. The van der Waals surface area contributed by atoms with Crippen molar-refractivity contribution in [3.05, 3.63) is 176 Å². The summed E-state index contributed by atoms with van der Waals surface area (Å²) in [6, 6.07) is 24.2. The summed E-state index contributed by atoms with van der Waals surface area (Å²) in [6.07, 6.45) is -2.03. The number of halogens is 7. The van der Waals surface area contributed by atoms with E-state index in [-0.39, 0.29) is 35.3 Å². The van der Waals surface area contributed by atoms with Gasteiger partial charge in [0.2, 0.25) is 0 Å². The average Bonchev–Trinajstić information content (AvgIpc) is 4.13. The number of carbonyl (C=O) groups is 2. The Labute approximate surface area is 464 Å². The van der Waals surface area contributed by atoms with Crippen molar-refractivity contribution in [2.45, 2.75) is 59.3 Å². The van der Waals surface area contributed by atoms with Crippen LogP contribution < -0.4 is 21.3 Å². The van der Waals surface area contributed by atoms with Gasteiger partial charge in [-0.15, -0.1) is 0 Å². The number of piperazine rings is 2. The Balaban J connectivity index is 0.000000194. The van der Waals surface area contributed by atoms with E-state index in [4.69, 9.17) is 11.6 Å². The molecule has 21 heteroatoms. The maximum atomic E-state index is 14.0. The second-order valence-electron chi connectivity index (χ2n) is 20.3. The highest BCUT2D eigenvalue weighted by molar-refractivity contribution is 6.36. The lowest BCUT2D eigenvalue weighted by Crippen LogP contribution is -2.45. The number of fused-ring (bicyclic) bond motifs is 2. The van der Waals surface area contributed by atoms with Crippen LogP contribution >= 0.6 is 11.6 Å². The van der Waals surface area contributed by atoms with Crippen molar-refractivity contribution in [2.24, 2.45) is 0 Å². The SMILES string of the molecule is CCN1CCN(Cc2ccc(C(=O)Nc3ccc(C)c(NCc4cnc5[nH]ccc5c4Cl)c3)cc2C(F)(F)F)CC1.Cc1ccc(NC(=O)c2ccc(CN3CCN(C)CC3)c(C(F)(F)F)c2)cc1NCc1cnc2[nH]ccc2c1. The monoisotopic (exact) mass is 1120 g/mol. The van der Waals surface area contributed by atoms with Gasteiger partial charge in [-0.05, 0) is 122 Å². The molecule has 6 heterocycles. The summed E-state index contributed by atoms with van der Waals surface area (Å²) < 4.78 is 83.9. The zero-order valence-corrected chi connectivity index (χ0v) is 45.6. The van der Waals surface area contributed by atoms with Gasteiger partial charge in [-0.25, -0.2) is 9.97 Å². The standard InChI is InChI=1S/C30H32ClF3N6O.C29H31F3N6O/c1-3-39-10-12-40(13-11-39)18-21-6-5-20(14-25(21)30(32,33)34)29(41)38-23-7-4-19(2)26(15-23)36-16-22-17-37-28-24(27(22)31)8-9-35-28;1-19-3-6-24(15-26(19)34-16-20-13-21-7-8-33-27(21)35-17-20)36-28(39)22-4-5-23(25(14-22)29(30,31)32)18-38-11-9-37(2)10-12-38/h4-9,14-15,17,36H,3,10-13,16,18H2,1-2H3,(H,35,37)(H,38,41);3-8,13-15,17,34H,9-12,16,18H2,1-2H3,(H,33,35)(H,36,39). The molecule has 420 valence electrons. The fourth-order valence-electron chi connectivity index (χ4n) is 9.79. The molecule has 2 amide bonds. The van der Waals surface area contributed by atoms with Gasteiger partial charge in [0.1, 0.15) is 11.3 Å². The zero-order valence-electron chi connectivity index (χ0n) is 44.8.